The molecule has 0 spiro atoms. The second-order valence-electron chi connectivity index (χ2n) is 4.91. The summed E-state index contributed by atoms with van der Waals surface area (Å²) in [5.41, 5.74) is 0.930. The van der Waals surface area contributed by atoms with E-state index >= 15 is 0 Å². The van der Waals surface area contributed by atoms with E-state index in [0.29, 0.717) is 4.90 Å². The van der Waals surface area contributed by atoms with Gasteiger partial charge in [-0.1, -0.05) is 15.9 Å². The van der Waals surface area contributed by atoms with Gasteiger partial charge < -0.3 is 5.32 Å². The third-order valence-electron chi connectivity index (χ3n) is 3.63. The smallest absolute Gasteiger partial charge is 0.243 e. The van der Waals surface area contributed by atoms with E-state index in [2.05, 4.69) is 21.2 Å². The molecule has 0 saturated carbocycles. The van der Waals surface area contributed by atoms with E-state index in [1.54, 1.807) is 25.2 Å². The maximum absolute atomic E-state index is 12.6. The molecule has 0 amide bonds. The SMILES string of the molecule is Cc1cc(S(=O)(=O)N(C)C2CCNCC2)ccc1Br. The summed E-state index contributed by atoms with van der Waals surface area (Å²) in [6.07, 6.45) is 1.73. The Morgan fingerprint density at radius 1 is 1.32 bits per heavy atom. The Morgan fingerprint density at radius 3 is 2.53 bits per heavy atom. The van der Waals surface area contributed by atoms with Crippen molar-refractivity contribution in [3.8, 4) is 0 Å². The van der Waals surface area contributed by atoms with Crippen molar-refractivity contribution in [1.29, 1.82) is 0 Å². The third kappa shape index (κ3) is 3.18. The largest absolute Gasteiger partial charge is 0.317 e. The minimum absolute atomic E-state index is 0.0928. The average molecular weight is 347 g/mol. The molecule has 1 fully saturated rings. The fourth-order valence-corrected chi connectivity index (χ4v) is 4.06. The van der Waals surface area contributed by atoms with Crippen molar-refractivity contribution < 1.29 is 8.42 Å². The minimum atomic E-state index is -3.39. The molecule has 0 atom stereocenters. The Balaban J connectivity index is 2.27. The number of benzene rings is 1. The van der Waals surface area contributed by atoms with Crippen LogP contribution in [-0.2, 0) is 10.0 Å². The highest BCUT2D eigenvalue weighted by Crippen LogP contribution is 2.24. The van der Waals surface area contributed by atoms with Gasteiger partial charge in [0.1, 0.15) is 0 Å². The molecule has 1 N–H and O–H groups in total. The zero-order valence-corrected chi connectivity index (χ0v) is 13.6. The molecule has 1 aliphatic heterocycles. The lowest BCUT2D eigenvalue weighted by Gasteiger charge is -2.30. The summed E-state index contributed by atoms with van der Waals surface area (Å²) in [5, 5.41) is 3.25. The van der Waals surface area contributed by atoms with Crippen molar-refractivity contribution in [2.24, 2.45) is 0 Å². The molecule has 1 saturated heterocycles. The number of sulfonamides is 1. The standard InChI is InChI=1S/C13H19BrN2O2S/c1-10-9-12(3-4-13(10)14)19(17,18)16(2)11-5-7-15-8-6-11/h3-4,9,11,15H,5-8H2,1-2H3. The molecule has 1 aliphatic rings. The fourth-order valence-electron chi connectivity index (χ4n) is 2.31. The van der Waals surface area contributed by atoms with Crippen LogP contribution in [0.4, 0.5) is 0 Å². The number of aryl methyl sites for hydroxylation is 1. The summed E-state index contributed by atoms with van der Waals surface area (Å²) in [4.78, 5) is 0.370. The monoisotopic (exact) mass is 346 g/mol. The summed E-state index contributed by atoms with van der Waals surface area (Å²) in [7, 11) is -1.71. The lowest BCUT2D eigenvalue weighted by atomic mass is 10.1. The van der Waals surface area contributed by atoms with Crippen LogP contribution in [0.3, 0.4) is 0 Å². The number of nitrogens with one attached hydrogen (secondary N) is 1. The Bertz CT molecular complexity index is 554. The van der Waals surface area contributed by atoms with Crippen molar-refractivity contribution in [2.75, 3.05) is 20.1 Å². The van der Waals surface area contributed by atoms with Gasteiger partial charge in [-0.2, -0.15) is 4.31 Å². The molecule has 0 radical (unpaired) electrons. The Kier molecular flexibility index (Phi) is 4.66. The van der Waals surface area contributed by atoms with Crippen molar-refractivity contribution in [3.05, 3.63) is 28.2 Å². The van der Waals surface area contributed by atoms with E-state index in [-0.39, 0.29) is 6.04 Å². The molecule has 1 aromatic rings. The van der Waals surface area contributed by atoms with Crippen LogP contribution in [0.25, 0.3) is 0 Å². The van der Waals surface area contributed by atoms with Crippen molar-refractivity contribution in [2.45, 2.75) is 30.7 Å². The zero-order valence-electron chi connectivity index (χ0n) is 11.2. The normalized spacial score (nSPS) is 17.9. The molecular weight excluding hydrogens is 328 g/mol. The molecule has 19 heavy (non-hydrogen) atoms. The van der Waals surface area contributed by atoms with Gasteiger partial charge in [0, 0.05) is 17.6 Å². The maximum Gasteiger partial charge on any atom is 0.243 e. The average Bonchev–Trinajstić information content (AvgIpc) is 2.41. The molecule has 0 aliphatic carbocycles. The van der Waals surface area contributed by atoms with Crippen molar-refractivity contribution in [3.63, 3.8) is 0 Å². The summed E-state index contributed by atoms with van der Waals surface area (Å²) >= 11 is 3.39. The molecule has 0 unspecified atom stereocenters. The van der Waals surface area contributed by atoms with Crippen LogP contribution in [0.2, 0.25) is 0 Å². The number of piperidine rings is 1. The van der Waals surface area contributed by atoms with Gasteiger partial charge in [0.15, 0.2) is 0 Å². The first-order chi connectivity index (χ1) is 8.93. The quantitative estimate of drug-likeness (QED) is 0.911. The second-order valence-corrected chi connectivity index (χ2v) is 7.77. The van der Waals surface area contributed by atoms with E-state index in [1.807, 2.05) is 6.92 Å². The lowest BCUT2D eigenvalue weighted by Crippen LogP contribution is -2.43. The zero-order chi connectivity index (χ0) is 14.0. The molecule has 4 nitrogen and oxygen atoms in total. The van der Waals surface area contributed by atoms with E-state index < -0.39 is 10.0 Å². The Hall–Kier alpha value is -0.430. The van der Waals surface area contributed by atoms with Gasteiger partial charge in [-0.25, -0.2) is 8.42 Å². The number of nitrogens with zero attached hydrogens (tertiary/aromatic N) is 1. The van der Waals surface area contributed by atoms with E-state index in [0.717, 1.165) is 36.0 Å². The van der Waals surface area contributed by atoms with Crippen LogP contribution in [0.1, 0.15) is 18.4 Å². The predicted octanol–water partition coefficient (Wildman–Crippen LogP) is 2.13. The summed E-state index contributed by atoms with van der Waals surface area (Å²) in [5.74, 6) is 0. The summed E-state index contributed by atoms with van der Waals surface area (Å²) in [6, 6.07) is 5.26. The van der Waals surface area contributed by atoms with Crippen LogP contribution < -0.4 is 5.32 Å². The number of rotatable bonds is 3. The van der Waals surface area contributed by atoms with E-state index in [4.69, 9.17) is 0 Å². The highest BCUT2D eigenvalue weighted by Gasteiger charge is 2.29. The first kappa shape index (κ1) is 15.0. The molecule has 2 rings (SSSR count). The third-order valence-corrected chi connectivity index (χ3v) is 6.43. The number of hydrogen-bond acceptors (Lipinski definition) is 3. The van der Waals surface area contributed by atoms with Gasteiger partial charge in [0.25, 0.3) is 0 Å². The molecule has 106 valence electrons. The molecule has 0 aromatic heterocycles. The first-order valence-electron chi connectivity index (χ1n) is 6.38. The predicted molar refractivity (Wildman–Crippen MR) is 79.7 cm³/mol. The Labute approximate surface area is 123 Å². The fraction of sp³-hybridized carbons (Fsp3) is 0.538. The lowest BCUT2D eigenvalue weighted by molar-refractivity contribution is 0.296. The molecule has 6 heteroatoms. The minimum Gasteiger partial charge on any atom is -0.317 e. The van der Waals surface area contributed by atoms with Crippen LogP contribution in [0.5, 0.6) is 0 Å². The van der Waals surface area contributed by atoms with Gasteiger partial charge >= 0.3 is 0 Å². The second kappa shape index (κ2) is 5.91. The van der Waals surface area contributed by atoms with Crippen molar-refractivity contribution >= 4 is 26.0 Å². The Morgan fingerprint density at radius 2 is 1.95 bits per heavy atom. The van der Waals surface area contributed by atoms with Gasteiger partial charge in [-0.15, -0.1) is 0 Å². The van der Waals surface area contributed by atoms with Gasteiger partial charge in [-0.3, -0.25) is 0 Å². The number of halogens is 1. The van der Waals surface area contributed by atoms with Gasteiger partial charge in [0.05, 0.1) is 4.90 Å². The highest BCUT2D eigenvalue weighted by atomic mass is 79.9. The number of hydrogen-bond donors (Lipinski definition) is 1. The van der Waals surface area contributed by atoms with Crippen LogP contribution in [-0.4, -0.2) is 38.9 Å². The van der Waals surface area contributed by atoms with E-state index in [1.165, 1.54) is 4.31 Å². The molecule has 1 heterocycles. The summed E-state index contributed by atoms with van der Waals surface area (Å²) < 4.78 is 27.6. The van der Waals surface area contributed by atoms with Crippen LogP contribution >= 0.6 is 15.9 Å². The topological polar surface area (TPSA) is 49.4 Å². The molecule has 0 bridgehead atoms. The van der Waals surface area contributed by atoms with Crippen LogP contribution in [0.15, 0.2) is 27.6 Å². The first-order valence-corrected chi connectivity index (χ1v) is 8.61. The molecular formula is C13H19BrN2O2S. The maximum atomic E-state index is 12.6. The van der Waals surface area contributed by atoms with Crippen molar-refractivity contribution in [1.82, 2.24) is 9.62 Å². The highest BCUT2D eigenvalue weighted by molar-refractivity contribution is 9.10. The molecule has 1 aromatic carbocycles. The van der Waals surface area contributed by atoms with E-state index in [9.17, 15) is 8.42 Å². The van der Waals surface area contributed by atoms with Gasteiger partial charge in [0.2, 0.25) is 10.0 Å². The van der Waals surface area contributed by atoms with Gasteiger partial charge in [-0.05, 0) is 56.6 Å². The summed E-state index contributed by atoms with van der Waals surface area (Å²) in [6.45, 7) is 3.65. The van der Waals surface area contributed by atoms with Crippen LogP contribution in [0, 0.1) is 6.92 Å².